The van der Waals surface area contributed by atoms with Crippen LogP contribution in [0.1, 0.15) is 17.4 Å². The SMILES string of the molecule is CC1(NC(=O)c2cn3nc(Oc4ncc(Cl)cc4OCC(F)F)ccc3n2)CS(=O)(=O)C1. The third-order valence-electron chi connectivity index (χ3n) is 4.37. The number of nitrogens with zero attached hydrogens (tertiary/aromatic N) is 4. The first-order chi connectivity index (χ1) is 15.0. The Bertz CT molecular complexity index is 1290. The number of fused-ring (bicyclic) bond motifs is 1. The predicted molar refractivity (Wildman–Crippen MR) is 108 cm³/mol. The van der Waals surface area contributed by atoms with Gasteiger partial charge in [0.2, 0.25) is 5.88 Å². The van der Waals surface area contributed by atoms with E-state index in [1.807, 2.05) is 0 Å². The maximum absolute atomic E-state index is 12.5. The Labute approximate surface area is 185 Å². The lowest BCUT2D eigenvalue weighted by Gasteiger charge is -2.38. The molecule has 1 amide bonds. The van der Waals surface area contributed by atoms with Crippen LogP contribution < -0.4 is 14.8 Å². The summed E-state index contributed by atoms with van der Waals surface area (Å²) in [6, 6.07) is 4.24. The monoisotopic (exact) mass is 487 g/mol. The normalized spacial score (nSPS) is 16.5. The molecule has 3 aromatic heterocycles. The molecule has 0 radical (unpaired) electrons. The Balaban J connectivity index is 1.52. The van der Waals surface area contributed by atoms with Crippen LogP contribution in [0.15, 0.2) is 30.6 Å². The number of rotatable bonds is 7. The van der Waals surface area contributed by atoms with Crippen LogP contribution in [0.4, 0.5) is 8.78 Å². The quantitative estimate of drug-likeness (QED) is 0.537. The number of aromatic nitrogens is 4. The largest absolute Gasteiger partial charge is 0.482 e. The van der Waals surface area contributed by atoms with Crippen LogP contribution in [0.2, 0.25) is 5.02 Å². The highest BCUT2D eigenvalue weighted by Crippen LogP contribution is 2.31. The van der Waals surface area contributed by atoms with E-state index in [9.17, 15) is 22.0 Å². The van der Waals surface area contributed by atoms with Crippen LogP contribution >= 0.6 is 11.6 Å². The van der Waals surface area contributed by atoms with Gasteiger partial charge in [0.15, 0.2) is 21.2 Å². The highest BCUT2D eigenvalue weighted by atomic mass is 35.5. The average Bonchev–Trinajstić information content (AvgIpc) is 3.10. The minimum absolute atomic E-state index is 0.0237. The number of amides is 1. The topological polar surface area (TPSA) is 125 Å². The lowest BCUT2D eigenvalue weighted by molar-refractivity contribution is 0.0803. The Morgan fingerprint density at radius 3 is 2.81 bits per heavy atom. The van der Waals surface area contributed by atoms with E-state index in [-0.39, 0.29) is 39.7 Å². The molecule has 4 rings (SSSR count). The van der Waals surface area contributed by atoms with Crippen LogP contribution in [0.5, 0.6) is 17.5 Å². The van der Waals surface area contributed by atoms with E-state index in [2.05, 4.69) is 20.4 Å². The van der Waals surface area contributed by atoms with Crippen LogP contribution in [-0.4, -0.2) is 64.0 Å². The first-order valence-electron chi connectivity index (χ1n) is 9.16. The van der Waals surface area contributed by atoms with E-state index < -0.39 is 34.3 Å². The third-order valence-corrected chi connectivity index (χ3v) is 6.73. The van der Waals surface area contributed by atoms with E-state index in [0.29, 0.717) is 5.65 Å². The summed E-state index contributed by atoms with van der Waals surface area (Å²) in [4.78, 5) is 20.6. The Morgan fingerprint density at radius 1 is 1.38 bits per heavy atom. The van der Waals surface area contributed by atoms with Gasteiger partial charge in [-0.25, -0.2) is 31.7 Å². The molecule has 170 valence electrons. The average molecular weight is 488 g/mol. The van der Waals surface area contributed by atoms with E-state index >= 15 is 0 Å². The molecule has 0 atom stereocenters. The van der Waals surface area contributed by atoms with Gasteiger partial charge >= 0.3 is 0 Å². The summed E-state index contributed by atoms with van der Waals surface area (Å²) in [6.07, 6.45) is -0.0996. The van der Waals surface area contributed by atoms with Crippen molar-refractivity contribution in [2.75, 3.05) is 18.1 Å². The van der Waals surface area contributed by atoms with Gasteiger partial charge < -0.3 is 14.8 Å². The molecule has 3 aromatic rings. The van der Waals surface area contributed by atoms with Crippen LogP contribution in [0, 0.1) is 0 Å². The molecule has 0 aromatic carbocycles. The third kappa shape index (κ3) is 4.88. The number of sulfone groups is 1. The van der Waals surface area contributed by atoms with E-state index in [1.165, 1.54) is 35.1 Å². The van der Waals surface area contributed by atoms with Gasteiger partial charge in [0.1, 0.15) is 12.3 Å². The van der Waals surface area contributed by atoms with Crippen molar-refractivity contribution in [1.82, 2.24) is 24.9 Å². The highest BCUT2D eigenvalue weighted by Gasteiger charge is 2.46. The van der Waals surface area contributed by atoms with Gasteiger partial charge in [-0.3, -0.25) is 4.79 Å². The summed E-state index contributed by atoms with van der Waals surface area (Å²) < 4.78 is 59.6. The highest BCUT2D eigenvalue weighted by molar-refractivity contribution is 7.93. The lowest BCUT2D eigenvalue weighted by Crippen LogP contribution is -2.63. The maximum atomic E-state index is 12.5. The summed E-state index contributed by atoms with van der Waals surface area (Å²) in [5.74, 6) is -1.01. The predicted octanol–water partition coefficient (Wildman–Crippen LogP) is 2.13. The number of carbonyl (C=O) groups is 1. The number of carbonyl (C=O) groups excluding carboxylic acids is 1. The van der Waals surface area contributed by atoms with Gasteiger partial charge in [0.05, 0.1) is 28.3 Å². The minimum Gasteiger partial charge on any atom is -0.482 e. The second kappa shape index (κ2) is 8.13. The molecular formula is C18H16ClF2N5O5S. The van der Waals surface area contributed by atoms with Gasteiger partial charge in [-0.1, -0.05) is 11.6 Å². The lowest BCUT2D eigenvalue weighted by atomic mass is 10.1. The summed E-state index contributed by atoms with van der Waals surface area (Å²) in [7, 11) is -3.13. The fourth-order valence-corrected chi connectivity index (χ4v) is 5.36. The molecule has 32 heavy (non-hydrogen) atoms. The Hall–Kier alpha value is -3.06. The van der Waals surface area contributed by atoms with E-state index in [4.69, 9.17) is 21.1 Å². The minimum atomic E-state index is -3.13. The smallest absolute Gasteiger partial charge is 0.272 e. The molecule has 0 unspecified atom stereocenters. The number of alkyl halides is 2. The molecule has 1 saturated heterocycles. The zero-order valence-corrected chi connectivity index (χ0v) is 18.0. The fraction of sp³-hybridized carbons (Fsp3) is 0.333. The first kappa shape index (κ1) is 22.1. The van der Waals surface area contributed by atoms with Crippen LogP contribution in [0.3, 0.4) is 0 Å². The summed E-state index contributed by atoms with van der Waals surface area (Å²) in [5, 5.41) is 7.00. The molecule has 4 heterocycles. The standard InChI is InChI=1S/C18H16ClF2N5O5S/c1-18(8-32(28,29)9-18)24-16(27)11-6-26-14(23-11)2-3-15(25-26)31-17-12(30-7-13(20)21)4-10(19)5-22-17/h2-6,13H,7-9H2,1H3,(H,24,27). The summed E-state index contributed by atoms with van der Waals surface area (Å²) in [5.41, 5.74) is -0.486. The first-order valence-corrected chi connectivity index (χ1v) is 11.4. The molecule has 1 N–H and O–H groups in total. The van der Waals surface area contributed by atoms with Crippen LogP contribution in [-0.2, 0) is 9.84 Å². The number of imidazole rings is 1. The summed E-state index contributed by atoms with van der Waals surface area (Å²) >= 11 is 5.84. The van der Waals surface area contributed by atoms with Gasteiger partial charge in [-0.15, -0.1) is 5.10 Å². The van der Waals surface area contributed by atoms with Crippen molar-refractivity contribution in [1.29, 1.82) is 0 Å². The second-order valence-electron chi connectivity index (χ2n) is 7.41. The molecule has 0 saturated carbocycles. The van der Waals surface area contributed by atoms with Gasteiger partial charge in [0.25, 0.3) is 18.2 Å². The van der Waals surface area contributed by atoms with Crippen molar-refractivity contribution in [3.63, 3.8) is 0 Å². The van der Waals surface area contributed by atoms with Crippen molar-refractivity contribution in [3.8, 4) is 17.5 Å². The van der Waals surface area contributed by atoms with Crippen molar-refractivity contribution in [3.05, 3.63) is 41.3 Å². The molecule has 1 aliphatic heterocycles. The number of hydrogen-bond donors (Lipinski definition) is 1. The molecule has 14 heteroatoms. The Kier molecular flexibility index (Phi) is 5.63. The van der Waals surface area contributed by atoms with Gasteiger partial charge in [-0.2, -0.15) is 0 Å². The number of nitrogens with one attached hydrogen (secondary N) is 1. The molecule has 0 aliphatic carbocycles. The van der Waals surface area contributed by atoms with E-state index in [1.54, 1.807) is 6.92 Å². The van der Waals surface area contributed by atoms with Crippen molar-refractivity contribution in [2.24, 2.45) is 0 Å². The van der Waals surface area contributed by atoms with E-state index in [0.717, 1.165) is 0 Å². The maximum Gasteiger partial charge on any atom is 0.272 e. The zero-order valence-electron chi connectivity index (χ0n) is 16.5. The molecule has 10 nitrogen and oxygen atoms in total. The number of hydrogen-bond acceptors (Lipinski definition) is 8. The van der Waals surface area contributed by atoms with Gasteiger partial charge in [-0.05, 0) is 13.0 Å². The molecule has 0 bridgehead atoms. The zero-order chi connectivity index (χ0) is 23.1. The second-order valence-corrected chi connectivity index (χ2v) is 9.91. The number of ether oxygens (including phenoxy) is 2. The molecular weight excluding hydrogens is 472 g/mol. The van der Waals surface area contributed by atoms with Crippen molar-refractivity contribution < 1.29 is 31.5 Å². The van der Waals surface area contributed by atoms with Gasteiger partial charge in [0, 0.05) is 18.3 Å². The number of halogens is 3. The Morgan fingerprint density at radius 2 is 2.12 bits per heavy atom. The summed E-state index contributed by atoms with van der Waals surface area (Å²) in [6.45, 7) is 0.768. The molecule has 1 fully saturated rings. The fourth-order valence-electron chi connectivity index (χ4n) is 3.21. The van der Waals surface area contributed by atoms with Crippen molar-refractivity contribution >= 4 is 33.0 Å². The molecule has 0 spiro atoms. The number of pyridine rings is 1. The van der Waals surface area contributed by atoms with Crippen molar-refractivity contribution in [2.45, 2.75) is 18.9 Å². The molecule has 1 aliphatic rings. The van der Waals surface area contributed by atoms with Crippen LogP contribution in [0.25, 0.3) is 5.65 Å².